The van der Waals surface area contributed by atoms with Crippen molar-refractivity contribution in [2.45, 2.75) is 25.8 Å². The maximum absolute atomic E-state index is 13.0. The van der Waals surface area contributed by atoms with Gasteiger partial charge in [0, 0.05) is 43.9 Å². The molecule has 1 aliphatic heterocycles. The summed E-state index contributed by atoms with van der Waals surface area (Å²) in [5, 5.41) is 10.4. The van der Waals surface area contributed by atoms with Gasteiger partial charge in [-0.2, -0.15) is 26.3 Å². The molecule has 32 heavy (non-hydrogen) atoms. The summed E-state index contributed by atoms with van der Waals surface area (Å²) in [5.41, 5.74) is -0.826. The van der Waals surface area contributed by atoms with Gasteiger partial charge in [0.1, 0.15) is 5.82 Å². The van der Waals surface area contributed by atoms with Crippen LogP contribution in [0, 0.1) is 6.92 Å². The summed E-state index contributed by atoms with van der Waals surface area (Å²) in [6.45, 7) is 5.73. The molecule has 0 bridgehead atoms. The fourth-order valence-corrected chi connectivity index (χ4v) is 2.84. The van der Waals surface area contributed by atoms with Gasteiger partial charge in [0.25, 0.3) is 5.56 Å². The lowest BCUT2D eigenvalue weighted by Crippen LogP contribution is -2.42. The van der Waals surface area contributed by atoms with Crippen molar-refractivity contribution in [2.24, 2.45) is 0 Å². The number of nitrogens with zero attached hydrogens (tertiary/aromatic N) is 2. The smallest absolute Gasteiger partial charge is 0.475 e. The normalized spacial score (nSPS) is 15.1. The first kappa shape index (κ1) is 25.3. The van der Waals surface area contributed by atoms with E-state index < -0.39 is 35.1 Å². The molecule has 0 radical (unpaired) electrons. The number of piperazine rings is 1. The highest BCUT2D eigenvalue weighted by molar-refractivity contribution is 5.73. The number of carboxylic acids is 1. The van der Waals surface area contributed by atoms with Crippen molar-refractivity contribution in [3.05, 3.63) is 51.4 Å². The number of aromatic nitrogens is 2. The Labute approximate surface area is 178 Å². The van der Waals surface area contributed by atoms with Gasteiger partial charge in [-0.25, -0.2) is 9.78 Å². The third kappa shape index (κ3) is 7.05. The summed E-state index contributed by atoms with van der Waals surface area (Å²) in [6, 6.07) is 7.07. The molecule has 1 saturated heterocycles. The van der Waals surface area contributed by atoms with E-state index in [1.54, 1.807) is 12.1 Å². The van der Waals surface area contributed by atoms with Crippen molar-refractivity contribution in [1.29, 1.82) is 0 Å². The van der Waals surface area contributed by atoms with E-state index >= 15 is 0 Å². The first-order chi connectivity index (χ1) is 14.8. The molecule has 176 valence electrons. The summed E-state index contributed by atoms with van der Waals surface area (Å²) in [7, 11) is 0. The van der Waals surface area contributed by atoms with Crippen molar-refractivity contribution in [2.75, 3.05) is 26.2 Å². The van der Waals surface area contributed by atoms with Gasteiger partial charge in [-0.3, -0.25) is 9.69 Å². The number of halogens is 6. The van der Waals surface area contributed by atoms with Crippen LogP contribution in [-0.4, -0.2) is 58.3 Å². The predicted octanol–water partition coefficient (Wildman–Crippen LogP) is 2.80. The minimum Gasteiger partial charge on any atom is -0.475 e. The van der Waals surface area contributed by atoms with Gasteiger partial charge in [-0.05, 0) is 12.5 Å². The van der Waals surface area contributed by atoms with E-state index in [9.17, 15) is 31.1 Å². The molecular formula is C19H20F6N4O3. The molecule has 0 atom stereocenters. The average molecular weight is 466 g/mol. The van der Waals surface area contributed by atoms with Gasteiger partial charge in [0.2, 0.25) is 0 Å². The Balaban J connectivity index is 0.000000451. The first-order valence-corrected chi connectivity index (χ1v) is 9.29. The number of rotatable bonds is 3. The fraction of sp³-hybridized carbons (Fsp3) is 0.421. The molecule has 1 aliphatic rings. The Morgan fingerprint density at radius 3 is 2.09 bits per heavy atom. The molecule has 2 aromatic rings. The summed E-state index contributed by atoms with van der Waals surface area (Å²) in [5.74, 6) is -2.83. The largest absolute Gasteiger partial charge is 0.490 e. The van der Waals surface area contributed by atoms with Gasteiger partial charge in [-0.1, -0.05) is 24.3 Å². The lowest BCUT2D eigenvalue weighted by atomic mass is 10.1. The summed E-state index contributed by atoms with van der Waals surface area (Å²) >= 11 is 0. The van der Waals surface area contributed by atoms with Gasteiger partial charge >= 0.3 is 18.3 Å². The average Bonchev–Trinajstić information content (AvgIpc) is 2.70. The second-order valence-corrected chi connectivity index (χ2v) is 6.91. The maximum atomic E-state index is 13.0. The van der Waals surface area contributed by atoms with Gasteiger partial charge in [0.15, 0.2) is 5.69 Å². The Morgan fingerprint density at radius 2 is 1.62 bits per heavy atom. The van der Waals surface area contributed by atoms with Crippen LogP contribution in [0.5, 0.6) is 0 Å². The number of hydrogen-bond donors (Lipinski definition) is 3. The Morgan fingerprint density at radius 1 is 1.09 bits per heavy atom. The van der Waals surface area contributed by atoms with E-state index in [2.05, 4.69) is 20.2 Å². The molecule has 0 aliphatic carbocycles. The van der Waals surface area contributed by atoms with E-state index in [1.807, 2.05) is 12.1 Å². The lowest BCUT2D eigenvalue weighted by Gasteiger charge is -2.27. The van der Waals surface area contributed by atoms with Crippen molar-refractivity contribution in [3.63, 3.8) is 0 Å². The van der Waals surface area contributed by atoms with Crippen LogP contribution < -0.4 is 10.9 Å². The number of H-pyrrole nitrogens is 1. The molecule has 0 unspecified atom stereocenters. The topological polar surface area (TPSA) is 98.3 Å². The molecule has 3 rings (SSSR count). The van der Waals surface area contributed by atoms with Crippen LogP contribution in [0.1, 0.15) is 16.8 Å². The number of hydrogen-bond acceptors (Lipinski definition) is 5. The molecule has 1 aromatic carbocycles. The summed E-state index contributed by atoms with van der Waals surface area (Å²) in [6.07, 6.45) is -9.74. The third-order valence-electron chi connectivity index (χ3n) is 4.51. The zero-order chi connectivity index (χ0) is 24.1. The minimum absolute atomic E-state index is 0.0725. The molecule has 13 heteroatoms. The lowest BCUT2D eigenvalue weighted by molar-refractivity contribution is -0.192. The van der Waals surface area contributed by atoms with Crippen molar-refractivity contribution in [1.82, 2.24) is 20.2 Å². The van der Waals surface area contributed by atoms with Crippen LogP contribution in [-0.2, 0) is 17.5 Å². The Hall–Kier alpha value is -2.93. The van der Waals surface area contributed by atoms with E-state index in [0.29, 0.717) is 5.56 Å². The van der Waals surface area contributed by atoms with Gasteiger partial charge in [-0.15, -0.1) is 0 Å². The number of nitrogens with one attached hydrogen (secondary N) is 2. The van der Waals surface area contributed by atoms with E-state index in [0.717, 1.165) is 45.2 Å². The monoisotopic (exact) mass is 466 g/mol. The third-order valence-corrected chi connectivity index (χ3v) is 4.51. The molecular weight excluding hydrogens is 446 g/mol. The van der Waals surface area contributed by atoms with E-state index in [-0.39, 0.29) is 5.82 Å². The standard InChI is InChI=1S/C17H19F3N4O.C2HF3O2/c1-11-14(17(18,19)20)22-15(23-16(11)25)13-4-2-12(3-5-13)10-24-8-6-21-7-9-24;3-2(4,5)1(6)7/h2-5,21H,6-10H2,1H3,(H,22,23,25);(H,6,7). The predicted molar refractivity (Wildman–Crippen MR) is 102 cm³/mol. The zero-order valence-electron chi connectivity index (χ0n) is 16.8. The number of carbonyl (C=O) groups is 1. The number of carboxylic acid groups (broad SMARTS) is 1. The quantitative estimate of drug-likeness (QED) is 0.602. The van der Waals surface area contributed by atoms with E-state index in [1.165, 1.54) is 0 Å². The van der Waals surface area contributed by atoms with Gasteiger partial charge in [0.05, 0.1) is 0 Å². The highest BCUT2D eigenvalue weighted by atomic mass is 19.4. The maximum Gasteiger partial charge on any atom is 0.490 e. The highest BCUT2D eigenvalue weighted by Crippen LogP contribution is 2.30. The minimum atomic E-state index is -5.08. The molecule has 1 fully saturated rings. The summed E-state index contributed by atoms with van der Waals surface area (Å²) < 4.78 is 70.8. The SMILES string of the molecule is Cc1c(C(F)(F)F)nc(-c2ccc(CN3CCNCC3)cc2)[nH]c1=O.O=C(O)C(F)(F)F. The number of aromatic amines is 1. The molecule has 3 N–H and O–H groups in total. The van der Waals surface area contributed by atoms with Crippen LogP contribution in [0.4, 0.5) is 26.3 Å². The van der Waals surface area contributed by atoms with Crippen LogP contribution in [0.25, 0.3) is 11.4 Å². The number of alkyl halides is 6. The first-order valence-electron chi connectivity index (χ1n) is 9.29. The van der Waals surface area contributed by atoms with Crippen LogP contribution >= 0.6 is 0 Å². The van der Waals surface area contributed by atoms with Crippen molar-refractivity contribution < 1.29 is 36.2 Å². The van der Waals surface area contributed by atoms with Crippen LogP contribution in [0.2, 0.25) is 0 Å². The Kier molecular flexibility index (Phi) is 8.02. The molecule has 7 nitrogen and oxygen atoms in total. The number of aliphatic carboxylic acids is 1. The van der Waals surface area contributed by atoms with E-state index in [4.69, 9.17) is 9.90 Å². The molecule has 1 aromatic heterocycles. The summed E-state index contributed by atoms with van der Waals surface area (Å²) in [4.78, 5) is 29.0. The molecule has 0 saturated carbocycles. The van der Waals surface area contributed by atoms with Crippen LogP contribution in [0.3, 0.4) is 0 Å². The van der Waals surface area contributed by atoms with Crippen molar-refractivity contribution >= 4 is 5.97 Å². The zero-order valence-corrected chi connectivity index (χ0v) is 16.8. The number of benzene rings is 1. The molecule has 2 heterocycles. The van der Waals surface area contributed by atoms with Crippen LogP contribution in [0.15, 0.2) is 29.1 Å². The second-order valence-electron chi connectivity index (χ2n) is 6.91. The molecule has 0 amide bonds. The fourth-order valence-electron chi connectivity index (χ4n) is 2.84. The Bertz CT molecular complexity index is 981. The van der Waals surface area contributed by atoms with Crippen molar-refractivity contribution in [3.8, 4) is 11.4 Å². The highest BCUT2D eigenvalue weighted by Gasteiger charge is 2.38. The molecule has 0 spiro atoms. The van der Waals surface area contributed by atoms with Gasteiger partial charge < -0.3 is 15.4 Å². The second kappa shape index (κ2) is 10.1.